The summed E-state index contributed by atoms with van der Waals surface area (Å²) < 4.78 is 29.6. The number of nitrogens with zero attached hydrogens (tertiary/aromatic N) is 6. The zero-order chi connectivity index (χ0) is 17.5. The number of hydrogen-bond donors (Lipinski definition) is 0. The fourth-order valence-electron chi connectivity index (χ4n) is 2.98. The normalized spacial score (nSPS) is 19.3. The first-order valence-corrected chi connectivity index (χ1v) is 9.23. The average molecular weight is 350 g/mol. The molecule has 1 fully saturated rings. The van der Waals surface area contributed by atoms with Gasteiger partial charge in [0.2, 0.25) is 0 Å². The van der Waals surface area contributed by atoms with Crippen LogP contribution >= 0.6 is 0 Å². The van der Waals surface area contributed by atoms with E-state index >= 15 is 0 Å². The minimum absolute atomic E-state index is 0.329. The second kappa shape index (κ2) is 6.23. The summed E-state index contributed by atoms with van der Waals surface area (Å²) in [6.07, 6.45) is 3.24. The summed E-state index contributed by atoms with van der Waals surface area (Å²) in [5.74, 6) is 0.550. The Bertz CT molecular complexity index is 845. The van der Waals surface area contributed by atoms with Crippen molar-refractivity contribution < 1.29 is 8.42 Å². The summed E-state index contributed by atoms with van der Waals surface area (Å²) in [6.45, 7) is 2.38. The number of aryl methyl sites for hydroxylation is 2. The van der Waals surface area contributed by atoms with Gasteiger partial charge in [-0.15, -0.1) is 0 Å². The average Bonchev–Trinajstić information content (AvgIpc) is 3.15. The van der Waals surface area contributed by atoms with Crippen LogP contribution in [0.15, 0.2) is 18.3 Å². The van der Waals surface area contributed by atoms with Crippen LogP contribution in [0, 0.1) is 6.92 Å². The fourth-order valence-corrected chi connectivity index (χ4v) is 4.28. The molecule has 0 saturated carbocycles. The Labute approximate surface area is 142 Å². The van der Waals surface area contributed by atoms with Crippen LogP contribution in [0.5, 0.6) is 0 Å². The van der Waals surface area contributed by atoms with Gasteiger partial charge in [-0.05, 0) is 31.9 Å². The smallest absolute Gasteiger partial charge is 0.266 e. The van der Waals surface area contributed by atoms with Gasteiger partial charge in [-0.25, -0.2) is 9.97 Å². The van der Waals surface area contributed by atoms with Crippen molar-refractivity contribution in [2.75, 3.05) is 20.6 Å². The minimum atomic E-state index is -3.49. The van der Waals surface area contributed by atoms with Gasteiger partial charge in [0.1, 0.15) is 5.82 Å². The lowest BCUT2D eigenvalue weighted by molar-refractivity contribution is 0.352. The molecule has 8 nitrogen and oxygen atoms in total. The summed E-state index contributed by atoms with van der Waals surface area (Å²) >= 11 is 0. The van der Waals surface area contributed by atoms with Gasteiger partial charge in [0.25, 0.3) is 10.2 Å². The second-order valence-corrected chi connectivity index (χ2v) is 8.25. The third-order valence-electron chi connectivity index (χ3n) is 4.21. The van der Waals surface area contributed by atoms with E-state index in [4.69, 9.17) is 0 Å². The lowest BCUT2D eigenvalue weighted by Crippen LogP contribution is -2.40. The van der Waals surface area contributed by atoms with Gasteiger partial charge < -0.3 is 0 Å². The molecule has 3 rings (SSSR count). The summed E-state index contributed by atoms with van der Waals surface area (Å²) in [7, 11) is 1.45. The SMILES string of the molecule is Cc1cc(-c2ccnn2C)nc([C@H]2CCCN2S(=O)(=O)N(C)C)n1. The van der Waals surface area contributed by atoms with Gasteiger partial charge in [-0.1, -0.05) is 0 Å². The van der Waals surface area contributed by atoms with Crippen molar-refractivity contribution in [1.29, 1.82) is 0 Å². The van der Waals surface area contributed by atoms with E-state index in [-0.39, 0.29) is 6.04 Å². The molecule has 0 radical (unpaired) electrons. The van der Waals surface area contributed by atoms with Gasteiger partial charge in [-0.2, -0.15) is 22.1 Å². The molecule has 1 atom stereocenters. The second-order valence-electron chi connectivity index (χ2n) is 6.15. The first-order chi connectivity index (χ1) is 11.3. The standard InChI is InChI=1S/C15H22N6O2S/c1-11-10-12(13-7-8-16-20(13)4)18-15(17-11)14-6-5-9-21(14)24(22,23)19(2)3/h7-8,10,14H,5-6,9H2,1-4H3/t14-/m1/s1. The molecule has 0 spiro atoms. The molecule has 0 bridgehead atoms. The Balaban J connectivity index is 2.03. The van der Waals surface area contributed by atoms with Crippen LogP contribution < -0.4 is 0 Å². The predicted octanol–water partition coefficient (Wildman–Crippen LogP) is 1.13. The van der Waals surface area contributed by atoms with Crippen LogP contribution in [0.3, 0.4) is 0 Å². The minimum Gasteiger partial charge on any atom is -0.266 e. The first-order valence-electron chi connectivity index (χ1n) is 7.84. The van der Waals surface area contributed by atoms with E-state index in [0.29, 0.717) is 12.4 Å². The molecule has 24 heavy (non-hydrogen) atoms. The Morgan fingerprint density at radius 2 is 2.04 bits per heavy atom. The van der Waals surface area contributed by atoms with Gasteiger partial charge in [0.05, 0.1) is 17.4 Å². The summed E-state index contributed by atoms with van der Waals surface area (Å²) in [5, 5.41) is 4.17. The highest BCUT2D eigenvalue weighted by atomic mass is 32.2. The van der Waals surface area contributed by atoms with Gasteiger partial charge in [-0.3, -0.25) is 4.68 Å². The molecule has 0 N–H and O–H groups in total. The Morgan fingerprint density at radius 3 is 2.67 bits per heavy atom. The monoisotopic (exact) mass is 350 g/mol. The van der Waals surface area contributed by atoms with E-state index in [2.05, 4.69) is 15.1 Å². The highest BCUT2D eigenvalue weighted by molar-refractivity contribution is 7.86. The Hall–Kier alpha value is -1.84. The molecule has 1 saturated heterocycles. The predicted molar refractivity (Wildman–Crippen MR) is 90.3 cm³/mol. The molecule has 1 aliphatic heterocycles. The number of aromatic nitrogens is 4. The summed E-state index contributed by atoms with van der Waals surface area (Å²) in [5.41, 5.74) is 2.44. The van der Waals surface area contributed by atoms with Crippen molar-refractivity contribution in [3.63, 3.8) is 0 Å². The molecule has 130 valence electrons. The van der Waals surface area contributed by atoms with E-state index in [1.807, 2.05) is 26.1 Å². The molecule has 0 unspecified atom stereocenters. The van der Waals surface area contributed by atoms with E-state index in [9.17, 15) is 8.42 Å². The third-order valence-corrected chi connectivity index (χ3v) is 6.17. The van der Waals surface area contributed by atoms with E-state index < -0.39 is 10.2 Å². The highest BCUT2D eigenvalue weighted by Crippen LogP contribution is 2.34. The maximum absolute atomic E-state index is 12.6. The van der Waals surface area contributed by atoms with Crippen LogP contribution in [-0.2, 0) is 17.3 Å². The van der Waals surface area contributed by atoms with Crippen molar-refractivity contribution in [3.8, 4) is 11.4 Å². The maximum Gasteiger partial charge on any atom is 0.282 e. The van der Waals surface area contributed by atoms with Crippen LogP contribution in [0.4, 0.5) is 0 Å². The van der Waals surface area contributed by atoms with E-state index in [0.717, 1.165) is 29.9 Å². The van der Waals surface area contributed by atoms with Crippen molar-refractivity contribution in [1.82, 2.24) is 28.4 Å². The van der Waals surface area contributed by atoms with Gasteiger partial charge in [0, 0.05) is 39.6 Å². The number of hydrogen-bond acceptors (Lipinski definition) is 5. The quantitative estimate of drug-likeness (QED) is 0.825. The molecule has 9 heteroatoms. The van der Waals surface area contributed by atoms with E-state index in [1.54, 1.807) is 25.0 Å². The number of rotatable bonds is 4. The van der Waals surface area contributed by atoms with Crippen molar-refractivity contribution >= 4 is 10.2 Å². The largest absolute Gasteiger partial charge is 0.282 e. The van der Waals surface area contributed by atoms with Crippen LogP contribution in [0.2, 0.25) is 0 Å². The molecule has 0 aliphatic carbocycles. The molecule has 2 aromatic heterocycles. The molecular weight excluding hydrogens is 328 g/mol. The molecule has 2 aromatic rings. The highest BCUT2D eigenvalue weighted by Gasteiger charge is 2.38. The van der Waals surface area contributed by atoms with Crippen molar-refractivity contribution in [2.24, 2.45) is 7.05 Å². The topological polar surface area (TPSA) is 84.2 Å². The van der Waals surface area contributed by atoms with E-state index in [1.165, 1.54) is 8.61 Å². The third kappa shape index (κ3) is 2.94. The Morgan fingerprint density at radius 1 is 1.29 bits per heavy atom. The molecule has 0 amide bonds. The first kappa shape index (κ1) is 17.0. The Kier molecular flexibility index (Phi) is 4.41. The zero-order valence-electron chi connectivity index (χ0n) is 14.3. The van der Waals surface area contributed by atoms with Gasteiger partial charge >= 0.3 is 0 Å². The molecular formula is C15H22N6O2S. The summed E-state index contributed by atoms with van der Waals surface area (Å²) in [4.78, 5) is 9.16. The molecule has 1 aliphatic rings. The van der Waals surface area contributed by atoms with Crippen molar-refractivity contribution in [2.45, 2.75) is 25.8 Å². The van der Waals surface area contributed by atoms with Crippen LogP contribution in [-0.4, -0.2) is 57.4 Å². The lowest BCUT2D eigenvalue weighted by Gasteiger charge is -2.26. The fraction of sp³-hybridized carbons (Fsp3) is 0.533. The molecule has 3 heterocycles. The lowest BCUT2D eigenvalue weighted by atomic mass is 10.2. The van der Waals surface area contributed by atoms with Crippen molar-refractivity contribution in [3.05, 3.63) is 29.8 Å². The van der Waals surface area contributed by atoms with Crippen LogP contribution in [0.25, 0.3) is 11.4 Å². The maximum atomic E-state index is 12.6. The molecule has 0 aromatic carbocycles. The zero-order valence-corrected chi connectivity index (χ0v) is 15.2. The van der Waals surface area contributed by atoms with Crippen LogP contribution in [0.1, 0.15) is 30.4 Å². The van der Waals surface area contributed by atoms with Gasteiger partial charge in [0.15, 0.2) is 0 Å². The summed E-state index contributed by atoms with van der Waals surface area (Å²) in [6, 6.07) is 3.44.